The summed E-state index contributed by atoms with van der Waals surface area (Å²) in [6.07, 6.45) is 1.95. The molecule has 0 aromatic heterocycles. The second-order valence-electron chi connectivity index (χ2n) is 7.07. The largest absolute Gasteiger partial charge is 0.366 e. The van der Waals surface area contributed by atoms with E-state index >= 15 is 0 Å². The van der Waals surface area contributed by atoms with Crippen LogP contribution in [-0.2, 0) is 4.79 Å². The van der Waals surface area contributed by atoms with E-state index in [1.807, 2.05) is 82.6 Å². The summed E-state index contributed by atoms with van der Waals surface area (Å²) in [5.41, 5.74) is 3.17. The van der Waals surface area contributed by atoms with Crippen molar-refractivity contribution >= 4 is 23.2 Å². The number of benzene rings is 3. The van der Waals surface area contributed by atoms with E-state index in [0.29, 0.717) is 37.4 Å². The van der Waals surface area contributed by atoms with Gasteiger partial charge >= 0.3 is 0 Å². The van der Waals surface area contributed by atoms with Crippen molar-refractivity contribution < 1.29 is 9.18 Å². The molecule has 0 bridgehead atoms. The highest BCUT2D eigenvalue weighted by molar-refractivity contribution is 6.24. The lowest BCUT2D eigenvalue weighted by Crippen LogP contribution is -2.49. The fraction of sp³-hybridized carbons (Fsp3) is 0.160. The van der Waals surface area contributed by atoms with Gasteiger partial charge < -0.3 is 9.80 Å². The summed E-state index contributed by atoms with van der Waals surface area (Å²) in [4.78, 5) is 17.2. The van der Waals surface area contributed by atoms with Crippen LogP contribution in [0, 0.1) is 5.82 Å². The molecule has 3 aromatic rings. The Balaban J connectivity index is 1.55. The second-order valence-corrected chi connectivity index (χ2v) is 7.07. The first-order chi connectivity index (χ1) is 14.2. The summed E-state index contributed by atoms with van der Waals surface area (Å²) < 4.78 is 14.1. The fourth-order valence-corrected chi connectivity index (χ4v) is 3.63. The minimum Gasteiger partial charge on any atom is -0.366 e. The average molecular weight is 386 g/mol. The van der Waals surface area contributed by atoms with Crippen molar-refractivity contribution in [2.24, 2.45) is 0 Å². The molecule has 3 nitrogen and oxygen atoms in total. The Kier molecular flexibility index (Phi) is 5.71. The lowest BCUT2D eigenvalue weighted by Gasteiger charge is -2.36. The Hall–Kier alpha value is -3.40. The molecule has 0 atom stereocenters. The van der Waals surface area contributed by atoms with Gasteiger partial charge in [-0.15, -0.1) is 0 Å². The quantitative estimate of drug-likeness (QED) is 0.479. The lowest BCUT2D eigenvalue weighted by molar-refractivity contribution is -0.125. The molecule has 3 aromatic carbocycles. The van der Waals surface area contributed by atoms with Crippen molar-refractivity contribution in [3.63, 3.8) is 0 Å². The minimum absolute atomic E-state index is 0.00763. The van der Waals surface area contributed by atoms with E-state index in [-0.39, 0.29) is 11.7 Å². The van der Waals surface area contributed by atoms with Crippen molar-refractivity contribution in [2.75, 3.05) is 31.1 Å². The van der Waals surface area contributed by atoms with Crippen molar-refractivity contribution in [1.29, 1.82) is 0 Å². The smallest absolute Gasteiger partial charge is 0.254 e. The number of hydrogen-bond donors (Lipinski definition) is 0. The molecule has 4 heteroatoms. The summed E-state index contributed by atoms with van der Waals surface area (Å²) in [6, 6.07) is 26.4. The predicted octanol–water partition coefficient (Wildman–Crippen LogP) is 4.72. The maximum Gasteiger partial charge on any atom is 0.254 e. The zero-order valence-electron chi connectivity index (χ0n) is 16.2. The molecule has 29 heavy (non-hydrogen) atoms. The molecule has 0 aliphatic carbocycles. The van der Waals surface area contributed by atoms with Gasteiger partial charge in [0.25, 0.3) is 5.91 Å². The van der Waals surface area contributed by atoms with E-state index in [1.165, 1.54) is 6.07 Å². The highest BCUT2D eigenvalue weighted by atomic mass is 19.1. The number of carbonyl (C=O) groups is 1. The van der Waals surface area contributed by atoms with Crippen LogP contribution in [0.2, 0.25) is 0 Å². The van der Waals surface area contributed by atoms with Gasteiger partial charge in [0.2, 0.25) is 0 Å². The van der Waals surface area contributed by atoms with E-state index in [2.05, 4.69) is 0 Å². The molecule has 0 N–H and O–H groups in total. The van der Waals surface area contributed by atoms with Gasteiger partial charge in [0.15, 0.2) is 0 Å². The first-order valence-electron chi connectivity index (χ1n) is 9.83. The fourth-order valence-electron chi connectivity index (χ4n) is 3.63. The van der Waals surface area contributed by atoms with Crippen molar-refractivity contribution in [2.45, 2.75) is 0 Å². The molecule has 1 amide bonds. The number of nitrogens with zero attached hydrogens (tertiary/aromatic N) is 2. The van der Waals surface area contributed by atoms with Gasteiger partial charge in [-0.2, -0.15) is 0 Å². The average Bonchev–Trinajstić information content (AvgIpc) is 2.79. The highest BCUT2D eigenvalue weighted by Gasteiger charge is 2.25. The van der Waals surface area contributed by atoms with E-state index in [4.69, 9.17) is 0 Å². The van der Waals surface area contributed by atoms with Crippen LogP contribution in [0.5, 0.6) is 0 Å². The van der Waals surface area contributed by atoms with Crippen molar-refractivity contribution in [1.82, 2.24) is 4.90 Å². The summed E-state index contributed by atoms with van der Waals surface area (Å²) >= 11 is 0. The van der Waals surface area contributed by atoms with Gasteiger partial charge in [0, 0.05) is 31.8 Å². The van der Waals surface area contributed by atoms with Gasteiger partial charge in [-0.05, 0) is 29.3 Å². The van der Waals surface area contributed by atoms with Gasteiger partial charge in [0.1, 0.15) is 5.82 Å². The van der Waals surface area contributed by atoms with Crippen LogP contribution in [0.1, 0.15) is 11.1 Å². The summed E-state index contributed by atoms with van der Waals surface area (Å²) in [6.45, 7) is 2.35. The van der Waals surface area contributed by atoms with Crippen LogP contribution < -0.4 is 4.90 Å². The van der Waals surface area contributed by atoms with Gasteiger partial charge in [0.05, 0.1) is 5.69 Å². The standard InChI is InChI=1S/C25H23FN2O/c26-23-13-7-8-14-24(23)27-15-17-28(18-16-27)25(29)22(21-11-5-2-6-12-21)19-20-9-3-1-4-10-20/h1-14,19H,15-18H2. The topological polar surface area (TPSA) is 23.6 Å². The number of hydrogen-bond acceptors (Lipinski definition) is 2. The Labute approximate surface area is 170 Å². The van der Waals surface area contributed by atoms with Gasteiger partial charge in [-0.25, -0.2) is 4.39 Å². The van der Waals surface area contributed by atoms with Gasteiger partial charge in [-0.3, -0.25) is 4.79 Å². The molecular formula is C25H23FN2O. The third-order valence-corrected chi connectivity index (χ3v) is 5.19. The maximum absolute atomic E-state index is 14.1. The van der Waals surface area contributed by atoms with E-state index in [0.717, 1.165) is 11.1 Å². The molecule has 0 spiro atoms. The normalized spacial score (nSPS) is 14.7. The monoisotopic (exact) mass is 386 g/mol. The molecule has 4 rings (SSSR count). The van der Waals surface area contributed by atoms with E-state index < -0.39 is 0 Å². The SMILES string of the molecule is O=C(C(=Cc1ccccc1)c1ccccc1)N1CCN(c2ccccc2F)CC1. The number of amides is 1. The third kappa shape index (κ3) is 4.37. The maximum atomic E-state index is 14.1. The van der Waals surface area contributed by atoms with Crippen LogP contribution in [0.25, 0.3) is 11.6 Å². The Bertz CT molecular complexity index is 994. The zero-order valence-corrected chi connectivity index (χ0v) is 16.2. The second kappa shape index (κ2) is 8.74. The Morgan fingerprint density at radius 1 is 0.759 bits per heavy atom. The molecule has 1 aliphatic heterocycles. The summed E-state index contributed by atoms with van der Waals surface area (Å²) in [7, 11) is 0. The molecule has 146 valence electrons. The molecule has 1 aliphatic rings. The van der Waals surface area contributed by atoms with Crippen LogP contribution >= 0.6 is 0 Å². The number of anilines is 1. The highest BCUT2D eigenvalue weighted by Crippen LogP contribution is 2.24. The molecule has 0 radical (unpaired) electrons. The molecule has 1 saturated heterocycles. The van der Waals surface area contributed by atoms with Crippen LogP contribution in [0.4, 0.5) is 10.1 Å². The first kappa shape index (κ1) is 18.9. The number of halogens is 1. The summed E-state index contributed by atoms with van der Waals surface area (Å²) in [5, 5.41) is 0. The van der Waals surface area contributed by atoms with Crippen LogP contribution in [-0.4, -0.2) is 37.0 Å². The van der Waals surface area contributed by atoms with Gasteiger partial charge in [-0.1, -0.05) is 72.8 Å². The first-order valence-corrected chi connectivity index (χ1v) is 9.83. The number of carbonyl (C=O) groups excluding carboxylic acids is 1. The number of piperazine rings is 1. The molecule has 0 unspecified atom stereocenters. The molecule has 0 saturated carbocycles. The van der Waals surface area contributed by atoms with E-state index in [1.54, 1.807) is 12.1 Å². The third-order valence-electron chi connectivity index (χ3n) is 5.19. The van der Waals surface area contributed by atoms with Crippen molar-refractivity contribution in [3.8, 4) is 0 Å². The minimum atomic E-state index is -0.221. The predicted molar refractivity (Wildman–Crippen MR) is 116 cm³/mol. The zero-order chi connectivity index (χ0) is 20.1. The molecule has 1 fully saturated rings. The number of para-hydroxylation sites is 1. The van der Waals surface area contributed by atoms with Crippen molar-refractivity contribution in [3.05, 3.63) is 102 Å². The summed E-state index contributed by atoms with van der Waals surface area (Å²) in [5.74, 6) is -0.213. The van der Waals surface area contributed by atoms with E-state index in [9.17, 15) is 9.18 Å². The number of rotatable bonds is 4. The molecular weight excluding hydrogens is 363 g/mol. The molecule has 1 heterocycles. The lowest BCUT2D eigenvalue weighted by atomic mass is 10.0. The van der Waals surface area contributed by atoms with Crippen LogP contribution in [0.3, 0.4) is 0 Å². The Morgan fingerprint density at radius 2 is 1.34 bits per heavy atom. The van der Waals surface area contributed by atoms with Crippen LogP contribution in [0.15, 0.2) is 84.9 Å². The Morgan fingerprint density at radius 3 is 2.00 bits per heavy atom.